The maximum Gasteiger partial charge on any atom is 0.165 e. The third-order valence-electron chi connectivity index (χ3n) is 8.76. The van der Waals surface area contributed by atoms with Crippen LogP contribution in [0.25, 0.3) is 50.3 Å². The molecule has 5 heteroatoms. The van der Waals surface area contributed by atoms with Crippen LogP contribution in [-0.2, 0) is 5.41 Å². The Labute approximate surface area is 244 Å². The third kappa shape index (κ3) is 3.63. The van der Waals surface area contributed by atoms with Crippen LogP contribution < -0.4 is 0 Å². The van der Waals surface area contributed by atoms with E-state index in [-0.39, 0.29) is 11.3 Å². The average molecular weight is 544 g/mol. The van der Waals surface area contributed by atoms with Gasteiger partial charge in [-0.25, -0.2) is 15.0 Å². The molecule has 0 N–H and O–H groups in total. The van der Waals surface area contributed by atoms with E-state index in [2.05, 4.69) is 115 Å². The number of hydrogen-bond acceptors (Lipinski definition) is 4. The highest BCUT2D eigenvalue weighted by Crippen LogP contribution is 2.47. The molecule has 0 saturated carbocycles. The first-order valence-electron chi connectivity index (χ1n) is 14.4. The molecule has 4 heterocycles. The molecular weight excluding hydrogens is 514 g/mol. The zero-order valence-corrected chi connectivity index (χ0v) is 23.6. The average Bonchev–Trinajstić information content (AvgIpc) is 3.20. The smallest absolute Gasteiger partial charge is 0.165 e. The fourth-order valence-electron chi connectivity index (χ4n) is 6.59. The summed E-state index contributed by atoms with van der Waals surface area (Å²) in [4.78, 5) is 19.3. The lowest BCUT2D eigenvalue weighted by Crippen LogP contribution is -2.26. The molecule has 0 fully saturated rings. The van der Waals surface area contributed by atoms with Gasteiger partial charge in [0.25, 0.3) is 0 Å². The Morgan fingerprint density at radius 1 is 0.810 bits per heavy atom. The van der Waals surface area contributed by atoms with E-state index in [1.807, 2.05) is 12.1 Å². The Morgan fingerprint density at radius 2 is 1.64 bits per heavy atom. The normalized spacial score (nSPS) is 17.0. The van der Waals surface area contributed by atoms with Gasteiger partial charge in [-0.05, 0) is 53.9 Å². The van der Waals surface area contributed by atoms with Gasteiger partial charge in [0.2, 0.25) is 0 Å². The van der Waals surface area contributed by atoms with Gasteiger partial charge in [0.05, 0.1) is 22.6 Å². The first-order valence-corrected chi connectivity index (χ1v) is 14.4. The number of allylic oxidation sites excluding steroid dienone is 5. The molecule has 6 aromatic rings. The lowest BCUT2D eigenvalue weighted by atomic mass is 9.75. The molecule has 8 rings (SSSR count). The number of rotatable bonds is 3. The standard InChI is InChI=1S/C37H29N5/c1-23-11-5-4-6-13-26(23)36-40-34(39-35(41-36)25-12-10-20-38-22-25)24-18-19-31-28(21-24)27-14-9-16-30-33(27)42(31)32-17-8-7-15-29(32)37(30,2)3/h4-10,12-22,26H,1,11H2,2-3H3. The molecule has 0 amide bonds. The van der Waals surface area contributed by atoms with Crippen molar-refractivity contribution < 1.29 is 0 Å². The van der Waals surface area contributed by atoms with E-state index < -0.39 is 0 Å². The number of hydrogen-bond donors (Lipinski definition) is 0. The SMILES string of the molecule is C=C1CC=CC=CC1c1nc(-c2cccnc2)nc(-c2ccc3c(c2)c2cccc4c2n3-c2ccccc2C4(C)C)n1. The molecule has 5 nitrogen and oxygen atoms in total. The predicted octanol–water partition coefficient (Wildman–Crippen LogP) is 8.49. The minimum absolute atomic E-state index is 0.0989. The van der Waals surface area contributed by atoms with Crippen molar-refractivity contribution in [3.8, 4) is 28.5 Å². The van der Waals surface area contributed by atoms with Crippen LogP contribution in [0.1, 0.15) is 43.1 Å². The summed E-state index contributed by atoms with van der Waals surface area (Å²) in [6.07, 6.45) is 12.7. The van der Waals surface area contributed by atoms with Crippen LogP contribution in [0.2, 0.25) is 0 Å². The van der Waals surface area contributed by atoms with Crippen LogP contribution in [0.5, 0.6) is 0 Å². The highest BCUT2D eigenvalue weighted by molar-refractivity contribution is 6.12. The number of nitrogens with zero attached hydrogens (tertiary/aromatic N) is 5. The van der Waals surface area contributed by atoms with Crippen molar-refractivity contribution >= 4 is 21.8 Å². The highest BCUT2D eigenvalue weighted by Gasteiger charge is 2.34. The molecule has 1 aliphatic carbocycles. The molecule has 2 aliphatic rings. The minimum Gasteiger partial charge on any atom is -0.309 e. The van der Waals surface area contributed by atoms with Crippen molar-refractivity contribution in [1.82, 2.24) is 24.5 Å². The van der Waals surface area contributed by atoms with Crippen LogP contribution in [0, 0.1) is 0 Å². The Hall–Kier alpha value is -5.16. The molecule has 0 bridgehead atoms. The zero-order valence-electron chi connectivity index (χ0n) is 23.6. The Morgan fingerprint density at radius 3 is 2.50 bits per heavy atom. The predicted molar refractivity (Wildman–Crippen MR) is 170 cm³/mol. The van der Waals surface area contributed by atoms with Gasteiger partial charge >= 0.3 is 0 Å². The largest absolute Gasteiger partial charge is 0.309 e. The van der Waals surface area contributed by atoms with E-state index in [0.717, 1.165) is 23.1 Å². The van der Waals surface area contributed by atoms with Crippen LogP contribution >= 0.6 is 0 Å². The van der Waals surface area contributed by atoms with Crippen LogP contribution in [0.4, 0.5) is 0 Å². The summed E-state index contributed by atoms with van der Waals surface area (Å²) in [6.45, 7) is 9.00. The second kappa shape index (κ2) is 9.18. The topological polar surface area (TPSA) is 56.5 Å². The van der Waals surface area contributed by atoms with E-state index in [9.17, 15) is 0 Å². The molecular formula is C37H29N5. The molecule has 1 atom stereocenters. The van der Waals surface area contributed by atoms with Gasteiger partial charge in [-0.1, -0.05) is 86.7 Å². The second-order valence-electron chi connectivity index (χ2n) is 11.6. The Bertz CT molecular complexity index is 2110. The van der Waals surface area contributed by atoms with Crippen molar-refractivity contribution in [1.29, 1.82) is 0 Å². The molecule has 0 radical (unpaired) electrons. The fourth-order valence-corrected chi connectivity index (χ4v) is 6.59. The Balaban J connectivity index is 1.37. The summed E-state index contributed by atoms with van der Waals surface area (Å²) in [5.41, 5.74) is 9.12. The summed E-state index contributed by atoms with van der Waals surface area (Å²) in [5, 5.41) is 2.42. The first-order chi connectivity index (χ1) is 20.5. The Kier molecular flexibility index (Phi) is 5.38. The van der Waals surface area contributed by atoms with Gasteiger partial charge in [0.15, 0.2) is 11.6 Å². The molecule has 202 valence electrons. The van der Waals surface area contributed by atoms with Crippen molar-refractivity contribution in [2.45, 2.75) is 31.6 Å². The maximum absolute atomic E-state index is 5.06. The molecule has 3 aromatic carbocycles. The van der Waals surface area contributed by atoms with Crippen molar-refractivity contribution in [2.75, 3.05) is 0 Å². The number of para-hydroxylation sites is 2. The van der Waals surface area contributed by atoms with Gasteiger partial charge < -0.3 is 4.57 Å². The molecule has 0 spiro atoms. The number of benzene rings is 3. The van der Waals surface area contributed by atoms with Gasteiger partial charge in [0, 0.05) is 39.7 Å². The maximum atomic E-state index is 5.06. The summed E-state index contributed by atoms with van der Waals surface area (Å²) < 4.78 is 2.43. The van der Waals surface area contributed by atoms with Gasteiger partial charge in [0.1, 0.15) is 5.82 Å². The lowest BCUT2D eigenvalue weighted by molar-refractivity contribution is 0.630. The number of fused-ring (bicyclic) bond motifs is 5. The molecule has 0 saturated heterocycles. The third-order valence-corrected chi connectivity index (χ3v) is 8.76. The first kappa shape index (κ1) is 24.6. The number of pyridine rings is 1. The van der Waals surface area contributed by atoms with Crippen molar-refractivity contribution in [2.24, 2.45) is 0 Å². The summed E-state index contributed by atoms with van der Waals surface area (Å²) >= 11 is 0. The fraction of sp³-hybridized carbons (Fsp3) is 0.135. The number of aromatic nitrogens is 5. The molecule has 1 unspecified atom stereocenters. The van der Waals surface area contributed by atoms with Crippen molar-refractivity contribution in [3.63, 3.8) is 0 Å². The van der Waals surface area contributed by atoms with Gasteiger partial charge in [-0.2, -0.15) is 0 Å². The van der Waals surface area contributed by atoms with Crippen LogP contribution in [0.3, 0.4) is 0 Å². The summed E-state index contributed by atoms with van der Waals surface area (Å²) in [5.74, 6) is 1.85. The van der Waals surface area contributed by atoms with Crippen LogP contribution in [-0.4, -0.2) is 24.5 Å². The molecule has 1 aliphatic heterocycles. The van der Waals surface area contributed by atoms with E-state index in [1.165, 1.54) is 38.6 Å². The quantitative estimate of drug-likeness (QED) is 0.210. The second-order valence-corrected chi connectivity index (χ2v) is 11.6. The van der Waals surface area contributed by atoms with Gasteiger partial charge in [-0.15, -0.1) is 0 Å². The van der Waals surface area contributed by atoms with E-state index in [4.69, 9.17) is 15.0 Å². The van der Waals surface area contributed by atoms with E-state index >= 15 is 0 Å². The van der Waals surface area contributed by atoms with E-state index in [0.29, 0.717) is 17.5 Å². The lowest BCUT2D eigenvalue weighted by Gasteiger charge is -2.34. The monoisotopic (exact) mass is 543 g/mol. The molecule has 3 aromatic heterocycles. The zero-order chi connectivity index (χ0) is 28.4. The van der Waals surface area contributed by atoms with E-state index in [1.54, 1.807) is 12.4 Å². The van der Waals surface area contributed by atoms with Crippen molar-refractivity contribution in [3.05, 3.63) is 139 Å². The van der Waals surface area contributed by atoms with Crippen LogP contribution in [0.15, 0.2) is 122 Å². The molecule has 42 heavy (non-hydrogen) atoms. The van der Waals surface area contributed by atoms with Gasteiger partial charge in [-0.3, -0.25) is 4.98 Å². The summed E-state index contributed by atoms with van der Waals surface area (Å²) in [7, 11) is 0. The minimum atomic E-state index is -0.103. The summed E-state index contributed by atoms with van der Waals surface area (Å²) in [6, 6.07) is 25.9. The highest BCUT2D eigenvalue weighted by atomic mass is 15.0.